The van der Waals surface area contributed by atoms with Crippen molar-refractivity contribution in [3.63, 3.8) is 0 Å². The van der Waals surface area contributed by atoms with Gasteiger partial charge in [-0.3, -0.25) is 4.79 Å². The Balaban J connectivity index is 1.51. The summed E-state index contributed by atoms with van der Waals surface area (Å²) >= 11 is 11.9. The van der Waals surface area contributed by atoms with Gasteiger partial charge in [-0.1, -0.05) is 71.7 Å². The van der Waals surface area contributed by atoms with Crippen molar-refractivity contribution in [2.24, 2.45) is 0 Å². The first kappa shape index (κ1) is 24.2. The van der Waals surface area contributed by atoms with E-state index in [0.29, 0.717) is 39.4 Å². The fraction of sp³-hybridized carbons (Fsp3) is 0.0714. The van der Waals surface area contributed by atoms with Crippen molar-refractivity contribution in [2.75, 3.05) is 12.4 Å². The zero-order valence-electron chi connectivity index (χ0n) is 18.7. The van der Waals surface area contributed by atoms with Crippen molar-refractivity contribution in [1.29, 1.82) is 5.26 Å². The Morgan fingerprint density at radius 2 is 1.77 bits per heavy atom. The third kappa shape index (κ3) is 5.75. The van der Waals surface area contributed by atoms with Gasteiger partial charge in [0.2, 0.25) is 0 Å². The summed E-state index contributed by atoms with van der Waals surface area (Å²) in [6.45, 7) is 0.363. The van der Waals surface area contributed by atoms with Crippen LogP contribution in [0.1, 0.15) is 11.1 Å². The summed E-state index contributed by atoms with van der Waals surface area (Å²) in [6, 6.07) is 26.0. The highest BCUT2D eigenvalue weighted by molar-refractivity contribution is 6.42. The quantitative estimate of drug-likeness (QED) is 0.213. The second kappa shape index (κ2) is 11.0. The summed E-state index contributed by atoms with van der Waals surface area (Å²) in [7, 11) is 1.54. The van der Waals surface area contributed by atoms with Crippen molar-refractivity contribution in [3.05, 3.63) is 106 Å². The lowest BCUT2D eigenvalue weighted by Crippen LogP contribution is -2.13. The van der Waals surface area contributed by atoms with Crippen LogP contribution in [-0.2, 0) is 11.4 Å². The van der Waals surface area contributed by atoms with Gasteiger partial charge in [0.05, 0.1) is 17.2 Å². The van der Waals surface area contributed by atoms with E-state index in [1.807, 2.05) is 30.3 Å². The van der Waals surface area contributed by atoms with Gasteiger partial charge in [0.1, 0.15) is 18.2 Å². The molecule has 0 aliphatic heterocycles. The van der Waals surface area contributed by atoms with Crippen molar-refractivity contribution < 1.29 is 14.3 Å². The highest BCUT2D eigenvalue weighted by atomic mass is 35.5. The summed E-state index contributed by atoms with van der Waals surface area (Å²) < 4.78 is 11.5. The van der Waals surface area contributed by atoms with E-state index in [4.69, 9.17) is 32.7 Å². The molecule has 0 aliphatic carbocycles. The fourth-order valence-corrected chi connectivity index (χ4v) is 3.85. The smallest absolute Gasteiger partial charge is 0.266 e. The molecule has 4 rings (SSSR count). The van der Waals surface area contributed by atoms with Gasteiger partial charge in [0.25, 0.3) is 5.91 Å². The average Bonchev–Trinajstić information content (AvgIpc) is 2.88. The Kier molecular flexibility index (Phi) is 7.57. The number of anilines is 1. The molecule has 0 heterocycles. The molecule has 1 amide bonds. The first-order chi connectivity index (χ1) is 17.0. The molecule has 5 nitrogen and oxygen atoms in total. The molecule has 4 aromatic carbocycles. The number of benzene rings is 4. The van der Waals surface area contributed by atoms with Gasteiger partial charge in [-0.25, -0.2) is 0 Å². The molecule has 4 aromatic rings. The number of nitriles is 1. The van der Waals surface area contributed by atoms with E-state index in [1.165, 1.54) is 19.3 Å². The largest absolute Gasteiger partial charge is 0.493 e. The number of rotatable bonds is 7. The standard InChI is InChI=1S/C28H20Cl2N2O3/c1-34-27-14-18(13-21(16-31)28(33)32-22-10-11-24(29)25(30)15-22)9-12-26(27)35-17-20-7-4-6-19-5-2-3-8-23(19)20/h2-15H,17H2,1H3,(H,32,33)/b21-13-. The normalized spacial score (nSPS) is 11.1. The SMILES string of the molecule is COc1cc(/C=C(/C#N)C(=O)Nc2ccc(Cl)c(Cl)c2)ccc1OCc1cccc2ccccc12. The molecule has 35 heavy (non-hydrogen) atoms. The maximum absolute atomic E-state index is 12.6. The van der Waals surface area contributed by atoms with Crippen LogP contribution >= 0.6 is 23.2 Å². The molecule has 174 valence electrons. The number of carbonyl (C=O) groups excluding carboxylic acids is 1. The van der Waals surface area contributed by atoms with Crippen LogP contribution in [0.3, 0.4) is 0 Å². The van der Waals surface area contributed by atoms with Crippen LogP contribution in [0.4, 0.5) is 5.69 Å². The van der Waals surface area contributed by atoms with E-state index in [1.54, 1.807) is 30.3 Å². The van der Waals surface area contributed by atoms with E-state index < -0.39 is 5.91 Å². The maximum Gasteiger partial charge on any atom is 0.266 e. The van der Waals surface area contributed by atoms with Gasteiger partial charge < -0.3 is 14.8 Å². The zero-order chi connectivity index (χ0) is 24.8. The molecule has 0 aliphatic rings. The van der Waals surface area contributed by atoms with Gasteiger partial charge in [-0.2, -0.15) is 5.26 Å². The first-order valence-corrected chi connectivity index (χ1v) is 11.4. The van der Waals surface area contributed by atoms with Gasteiger partial charge in [-0.15, -0.1) is 0 Å². The van der Waals surface area contributed by atoms with Crippen LogP contribution in [0, 0.1) is 11.3 Å². The Hall–Kier alpha value is -3.98. The number of methoxy groups -OCH3 is 1. The van der Waals surface area contributed by atoms with Gasteiger partial charge in [0, 0.05) is 5.69 Å². The molecule has 1 N–H and O–H groups in total. The maximum atomic E-state index is 12.6. The Morgan fingerprint density at radius 1 is 0.971 bits per heavy atom. The molecule has 0 fully saturated rings. The predicted molar refractivity (Wildman–Crippen MR) is 140 cm³/mol. The highest BCUT2D eigenvalue weighted by Gasteiger charge is 2.12. The van der Waals surface area contributed by atoms with E-state index in [0.717, 1.165) is 16.3 Å². The van der Waals surface area contributed by atoms with Crippen LogP contribution in [0.25, 0.3) is 16.8 Å². The predicted octanol–water partition coefficient (Wildman–Crippen LogP) is 7.28. The van der Waals surface area contributed by atoms with Crippen molar-refractivity contribution in [2.45, 2.75) is 6.61 Å². The average molecular weight is 503 g/mol. The van der Waals surface area contributed by atoms with E-state index in [-0.39, 0.29) is 5.57 Å². The topological polar surface area (TPSA) is 71.3 Å². The lowest BCUT2D eigenvalue weighted by molar-refractivity contribution is -0.112. The second-order valence-electron chi connectivity index (χ2n) is 7.59. The molecule has 0 saturated carbocycles. The molecule has 0 spiro atoms. The fourth-order valence-electron chi connectivity index (χ4n) is 3.55. The van der Waals surface area contributed by atoms with E-state index >= 15 is 0 Å². The summed E-state index contributed by atoms with van der Waals surface area (Å²) in [6.07, 6.45) is 1.48. The van der Waals surface area contributed by atoms with Crippen LogP contribution < -0.4 is 14.8 Å². The minimum atomic E-state index is -0.568. The highest BCUT2D eigenvalue weighted by Crippen LogP contribution is 2.31. The van der Waals surface area contributed by atoms with Crippen molar-refractivity contribution >= 4 is 51.6 Å². The van der Waals surface area contributed by atoms with Crippen molar-refractivity contribution in [1.82, 2.24) is 0 Å². The van der Waals surface area contributed by atoms with E-state index in [2.05, 4.69) is 23.5 Å². The molecule has 7 heteroatoms. The lowest BCUT2D eigenvalue weighted by Gasteiger charge is -2.13. The molecule has 0 unspecified atom stereocenters. The third-order valence-electron chi connectivity index (χ3n) is 5.30. The zero-order valence-corrected chi connectivity index (χ0v) is 20.2. The number of carbonyl (C=O) groups is 1. The third-order valence-corrected chi connectivity index (χ3v) is 6.04. The number of nitrogens with zero attached hydrogens (tertiary/aromatic N) is 1. The number of nitrogens with one attached hydrogen (secondary N) is 1. The molecule has 0 aromatic heterocycles. The molecule has 0 radical (unpaired) electrons. The van der Waals surface area contributed by atoms with Crippen molar-refractivity contribution in [3.8, 4) is 17.6 Å². The summed E-state index contributed by atoms with van der Waals surface area (Å²) in [5.41, 5.74) is 2.02. The Morgan fingerprint density at radius 3 is 2.54 bits per heavy atom. The van der Waals surface area contributed by atoms with Crippen LogP contribution in [0.2, 0.25) is 10.0 Å². The summed E-state index contributed by atoms with van der Waals surface area (Å²) in [5, 5.41) is 15.1. The van der Waals surface area contributed by atoms with Gasteiger partial charge in [-0.05, 0) is 58.3 Å². The van der Waals surface area contributed by atoms with Crippen LogP contribution in [0.5, 0.6) is 11.5 Å². The Bertz CT molecular complexity index is 1470. The first-order valence-electron chi connectivity index (χ1n) is 10.6. The number of hydrogen-bond acceptors (Lipinski definition) is 4. The minimum Gasteiger partial charge on any atom is -0.493 e. The molecule has 0 saturated heterocycles. The number of amides is 1. The number of halogens is 2. The molecule has 0 bridgehead atoms. The molecular formula is C28H20Cl2N2O3. The molecule has 0 atom stereocenters. The lowest BCUT2D eigenvalue weighted by atomic mass is 10.1. The molecular weight excluding hydrogens is 483 g/mol. The van der Waals surface area contributed by atoms with Gasteiger partial charge in [0.15, 0.2) is 11.5 Å². The van der Waals surface area contributed by atoms with Crippen LogP contribution in [0.15, 0.2) is 84.4 Å². The summed E-state index contributed by atoms with van der Waals surface area (Å²) in [4.78, 5) is 12.6. The Labute approximate surface area is 213 Å². The monoisotopic (exact) mass is 502 g/mol. The van der Waals surface area contributed by atoms with Crippen LogP contribution in [-0.4, -0.2) is 13.0 Å². The number of ether oxygens (including phenoxy) is 2. The number of hydrogen-bond donors (Lipinski definition) is 1. The number of fused-ring (bicyclic) bond motifs is 1. The van der Waals surface area contributed by atoms with E-state index in [9.17, 15) is 10.1 Å². The van der Waals surface area contributed by atoms with Gasteiger partial charge >= 0.3 is 0 Å². The summed E-state index contributed by atoms with van der Waals surface area (Å²) in [5.74, 6) is 0.471. The second-order valence-corrected chi connectivity index (χ2v) is 8.40. The minimum absolute atomic E-state index is 0.0810.